The number of likely N-dealkylation sites (tertiary alicyclic amines) is 1. The van der Waals surface area contributed by atoms with Crippen LogP contribution in [0.25, 0.3) is 0 Å². The minimum absolute atomic E-state index is 0.0109. The maximum Gasteiger partial charge on any atom is 0.321 e. The van der Waals surface area contributed by atoms with Crippen LogP contribution in [0.2, 0.25) is 0 Å². The number of hydrogen-bond donors (Lipinski definition) is 2. The van der Waals surface area contributed by atoms with Crippen molar-refractivity contribution in [2.75, 3.05) is 49.6 Å². The average Bonchev–Trinajstić information content (AvgIpc) is 2.63. The molecular weight excluding hydrogens is 320 g/mol. The lowest BCUT2D eigenvalue weighted by atomic mass is 10.1. The molecule has 7 nitrogen and oxygen atoms in total. The van der Waals surface area contributed by atoms with Gasteiger partial charge in [-0.15, -0.1) is 0 Å². The fourth-order valence-electron chi connectivity index (χ4n) is 3.29. The number of urea groups is 1. The molecule has 0 radical (unpaired) electrons. The molecule has 0 saturated carbocycles. The average molecular weight is 346 g/mol. The van der Waals surface area contributed by atoms with Gasteiger partial charge in [0.25, 0.3) is 0 Å². The summed E-state index contributed by atoms with van der Waals surface area (Å²) in [6, 6.07) is 8.03. The van der Waals surface area contributed by atoms with Crippen molar-refractivity contribution in [2.45, 2.75) is 25.8 Å². The SMILES string of the molecule is CC(=O)NC1CCN(C(=O)Nc2ccc(N3CCOCC3)cc2)CC1. The molecular formula is C18H26N4O3. The molecule has 2 aliphatic rings. The maximum absolute atomic E-state index is 12.4. The number of carbonyl (C=O) groups excluding carboxylic acids is 2. The first-order valence-corrected chi connectivity index (χ1v) is 8.87. The summed E-state index contributed by atoms with van der Waals surface area (Å²) in [7, 11) is 0. The minimum atomic E-state index is -0.0830. The zero-order chi connectivity index (χ0) is 17.6. The fourth-order valence-corrected chi connectivity index (χ4v) is 3.29. The van der Waals surface area contributed by atoms with E-state index in [1.165, 1.54) is 6.92 Å². The van der Waals surface area contributed by atoms with E-state index in [-0.39, 0.29) is 18.0 Å². The van der Waals surface area contributed by atoms with Crippen LogP contribution >= 0.6 is 0 Å². The zero-order valence-electron chi connectivity index (χ0n) is 14.7. The third-order valence-electron chi connectivity index (χ3n) is 4.68. The van der Waals surface area contributed by atoms with E-state index >= 15 is 0 Å². The predicted molar refractivity (Wildman–Crippen MR) is 96.9 cm³/mol. The first-order chi connectivity index (χ1) is 12.1. The van der Waals surface area contributed by atoms with Gasteiger partial charge in [-0.25, -0.2) is 4.79 Å². The number of piperidine rings is 1. The number of nitrogens with one attached hydrogen (secondary N) is 2. The number of morpholine rings is 1. The summed E-state index contributed by atoms with van der Waals surface area (Å²) in [5, 5.41) is 5.87. The Hall–Kier alpha value is -2.28. The van der Waals surface area contributed by atoms with Crippen LogP contribution in [0.1, 0.15) is 19.8 Å². The second kappa shape index (κ2) is 8.20. The second-order valence-electron chi connectivity index (χ2n) is 6.54. The molecule has 3 amide bonds. The topological polar surface area (TPSA) is 73.9 Å². The van der Waals surface area contributed by atoms with Gasteiger partial charge in [-0.05, 0) is 37.1 Å². The summed E-state index contributed by atoms with van der Waals surface area (Å²) in [6.45, 7) is 6.15. The van der Waals surface area contributed by atoms with Gasteiger partial charge < -0.3 is 25.2 Å². The van der Waals surface area contributed by atoms with E-state index in [4.69, 9.17) is 4.74 Å². The Kier molecular flexibility index (Phi) is 5.75. The van der Waals surface area contributed by atoms with Crippen LogP contribution in [-0.2, 0) is 9.53 Å². The molecule has 2 aliphatic heterocycles. The molecule has 3 rings (SSSR count). The van der Waals surface area contributed by atoms with Crippen molar-refractivity contribution < 1.29 is 14.3 Å². The van der Waals surface area contributed by atoms with E-state index in [2.05, 4.69) is 15.5 Å². The minimum Gasteiger partial charge on any atom is -0.378 e. The quantitative estimate of drug-likeness (QED) is 0.873. The van der Waals surface area contributed by atoms with Crippen LogP contribution in [0.4, 0.5) is 16.2 Å². The van der Waals surface area contributed by atoms with Crippen LogP contribution in [0.3, 0.4) is 0 Å². The number of hydrogen-bond acceptors (Lipinski definition) is 4. The van der Waals surface area contributed by atoms with E-state index in [0.29, 0.717) is 13.1 Å². The number of ether oxygens (including phenoxy) is 1. The van der Waals surface area contributed by atoms with Crippen molar-refractivity contribution in [1.82, 2.24) is 10.2 Å². The molecule has 0 aromatic heterocycles. The van der Waals surface area contributed by atoms with Gasteiger partial charge in [-0.3, -0.25) is 4.79 Å². The number of benzene rings is 1. The summed E-state index contributed by atoms with van der Waals surface area (Å²) in [4.78, 5) is 27.6. The molecule has 7 heteroatoms. The molecule has 1 aromatic rings. The Balaban J connectivity index is 1.49. The van der Waals surface area contributed by atoms with Gasteiger partial charge in [0.2, 0.25) is 5.91 Å². The monoisotopic (exact) mass is 346 g/mol. The van der Waals surface area contributed by atoms with Crippen molar-refractivity contribution in [2.24, 2.45) is 0 Å². The first-order valence-electron chi connectivity index (χ1n) is 8.87. The maximum atomic E-state index is 12.4. The molecule has 0 atom stereocenters. The zero-order valence-corrected chi connectivity index (χ0v) is 14.7. The summed E-state index contributed by atoms with van der Waals surface area (Å²) in [6.07, 6.45) is 1.59. The standard InChI is InChI=1S/C18H26N4O3/c1-14(23)19-16-6-8-22(9-7-16)18(24)20-15-2-4-17(5-3-15)21-10-12-25-13-11-21/h2-5,16H,6-13H2,1H3,(H,19,23)(H,20,24). The van der Waals surface area contributed by atoms with Gasteiger partial charge in [0.05, 0.1) is 13.2 Å². The molecule has 136 valence electrons. The summed E-state index contributed by atoms with van der Waals surface area (Å²) >= 11 is 0. The van der Waals surface area contributed by atoms with Gasteiger partial charge in [-0.1, -0.05) is 0 Å². The van der Waals surface area contributed by atoms with E-state index in [9.17, 15) is 9.59 Å². The number of nitrogens with zero attached hydrogens (tertiary/aromatic N) is 2. The molecule has 0 aliphatic carbocycles. The third-order valence-corrected chi connectivity index (χ3v) is 4.68. The lowest BCUT2D eigenvalue weighted by molar-refractivity contribution is -0.119. The largest absolute Gasteiger partial charge is 0.378 e. The molecule has 1 aromatic carbocycles. The molecule has 2 heterocycles. The molecule has 25 heavy (non-hydrogen) atoms. The molecule has 2 fully saturated rings. The van der Waals surface area contributed by atoms with Crippen LogP contribution in [0.5, 0.6) is 0 Å². The van der Waals surface area contributed by atoms with Crippen molar-refractivity contribution in [3.05, 3.63) is 24.3 Å². The third kappa shape index (κ3) is 4.85. The van der Waals surface area contributed by atoms with Gasteiger partial charge >= 0.3 is 6.03 Å². The van der Waals surface area contributed by atoms with Crippen molar-refractivity contribution >= 4 is 23.3 Å². The summed E-state index contributed by atoms with van der Waals surface area (Å²) in [5.41, 5.74) is 1.95. The van der Waals surface area contributed by atoms with E-state index < -0.39 is 0 Å². The van der Waals surface area contributed by atoms with Crippen molar-refractivity contribution in [3.8, 4) is 0 Å². The highest BCUT2D eigenvalue weighted by molar-refractivity contribution is 5.89. The summed E-state index contributed by atoms with van der Waals surface area (Å²) < 4.78 is 5.37. The number of carbonyl (C=O) groups is 2. The second-order valence-corrected chi connectivity index (χ2v) is 6.54. The highest BCUT2D eigenvalue weighted by Gasteiger charge is 2.23. The highest BCUT2D eigenvalue weighted by Crippen LogP contribution is 2.20. The molecule has 0 spiro atoms. The van der Waals surface area contributed by atoms with Crippen LogP contribution in [0.15, 0.2) is 24.3 Å². The predicted octanol–water partition coefficient (Wildman–Crippen LogP) is 1.66. The molecule has 2 saturated heterocycles. The normalized spacial score (nSPS) is 18.8. The fraction of sp³-hybridized carbons (Fsp3) is 0.556. The summed E-state index contributed by atoms with van der Waals surface area (Å²) in [5.74, 6) is -0.0109. The lowest BCUT2D eigenvalue weighted by Gasteiger charge is -2.32. The van der Waals surface area contributed by atoms with Gasteiger partial charge in [0, 0.05) is 50.5 Å². The number of anilines is 2. The highest BCUT2D eigenvalue weighted by atomic mass is 16.5. The number of amides is 3. The molecule has 0 unspecified atom stereocenters. The Morgan fingerprint density at radius 2 is 1.68 bits per heavy atom. The van der Waals surface area contributed by atoms with Gasteiger partial charge in [0.15, 0.2) is 0 Å². The first kappa shape index (κ1) is 17.5. The Morgan fingerprint density at radius 1 is 1.04 bits per heavy atom. The Morgan fingerprint density at radius 3 is 2.28 bits per heavy atom. The van der Waals surface area contributed by atoms with Crippen LogP contribution < -0.4 is 15.5 Å². The molecule has 0 bridgehead atoms. The Labute approximate surface area is 148 Å². The lowest BCUT2D eigenvalue weighted by Crippen LogP contribution is -2.47. The van der Waals surface area contributed by atoms with E-state index in [1.807, 2.05) is 24.3 Å². The van der Waals surface area contributed by atoms with Crippen molar-refractivity contribution in [1.29, 1.82) is 0 Å². The van der Waals surface area contributed by atoms with E-state index in [1.54, 1.807) is 4.90 Å². The van der Waals surface area contributed by atoms with Crippen LogP contribution in [-0.4, -0.2) is 62.3 Å². The van der Waals surface area contributed by atoms with Crippen molar-refractivity contribution in [3.63, 3.8) is 0 Å². The van der Waals surface area contributed by atoms with Crippen LogP contribution in [0, 0.1) is 0 Å². The van der Waals surface area contributed by atoms with Gasteiger partial charge in [-0.2, -0.15) is 0 Å². The van der Waals surface area contributed by atoms with Gasteiger partial charge in [0.1, 0.15) is 0 Å². The number of rotatable bonds is 3. The Bertz CT molecular complexity index is 591. The molecule has 2 N–H and O–H groups in total. The smallest absolute Gasteiger partial charge is 0.321 e. The van der Waals surface area contributed by atoms with E-state index in [0.717, 1.165) is 50.5 Å².